The molecule has 5 heteroatoms. The molecule has 92 valence electrons. The number of hydrogen-bond donors (Lipinski definition) is 2. The highest BCUT2D eigenvalue weighted by atomic mass is 16.5. The van der Waals surface area contributed by atoms with Crippen molar-refractivity contribution in [1.29, 1.82) is 0 Å². The number of nitrogens with one attached hydrogen (secondary N) is 2. The van der Waals surface area contributed by atoms with Crippen molar-refractivity contribution in [3.63, 3.8) is 0 Å². The highest BCUT2D eigenvalue weighted by Crippen LogP contribution is 2.03. The Morgan fingerprint density at radius 3 is 2.56 bits per heavy atom. The lowest BCUT2D eigenvalue weighted by molar-refractivity contribution is -0.125. The Labute approximate surface area is 95.9 Å². The van der Waals surface area contributed by atoms with Crippen LogP contribution in [-0.2, 0) is 14.3 Å². The second-order valence-corrected chi connectivity index (χ2v) is 4.10. The van der Waals surface area contributed by atoms with Gasteiger partial charge in [-0.1, -0.05) is 6.42 Å². The van der Waals surface area contributed by atoms with Gasteiger partial charge in [0.15, 0.2) is 0 Å². The first-order chi connectivity index (χ1) is 7.68. The van der Waals surface area contributed by atoms with E-state index in [1.165, 1.54) is 6.92 Å². The molecule has 1 aliphatic heterocycles. The first kappa shape index (κ1) is 13.0. The molecule has 2 amide bonds. The molecule has 1 rings (SSSR count). The Hall–Kier alpha value is -1.10. The molecule has 0 saturated carbocycles. The van der Waals surface area contributed by atoms with Gasteiger partial charge in [-0.3, -0.25) is 9.59 Å². The zero-order valence-corrected chi connectivity index (χ0v) is 9.75. The van der Waals surface area contributed by atoms with E-state index in [1.54, 1.807) is 0 Å². The van der Waals surface area contributed by atoms with Crippen molar-refractivity contribution in [1.82, 2.24) is 10.6 Å². The molecule has 2 N–H and O–H groups in total. The van der Waals surface area contributed by atoms with Crippen molar-refractivity contribution in [3.05, 3.63) is 0 Å². The lowest BCUT2D eigenvalue weighted by Crippen LogP contribution is -2.48. The zero-order valence-electron chi connectivity index (χ0n) is 9.75. The Morgan fingerprint density at radius 2 is 2.00 bits per heavy atom. The second kappa shape index (κ2) is 7.22. The van der Waals surface area contributed by atoms with Crippen LogP contribution in [0.5, 0.6) is 0 Å². The number of amides is 2. The molecular formula is C11H20N2O3. The van der Waals surface area contributed by atoms with Crippen LogP contribution in [-0.4, -0.2) is 37.6 Å². The van der Waals surface area contributed by atoms with E-state index in [4.69, 9.17) is 4.74 Å². The second-order valence-electron chi connectivity index (χ2n) is 4.10. The largest absolute Gasteiger partial charge is 0.377 e. The van der Waals surface area contributed by atoms with Gasteiger partial charge in [0.25, 0.3) is 0 Å². The molecule has 0 aromatic rings. The third-order valence-corrected chi connectivity index (χ3v) is 2.46. The smallest absolute Gasteiger partial charge is 0.220 e. The van der Waals surface area contributed by atoms with Crippen LogP contribution in [0.1, 0.15) is 32.6 Å². The number of unbranched alkanes of at least 4 members (excludes halogenated alkanes) is 2. The maximum atomic E-state index is 11.4. The highest BCUT2D eigenvalue weighted by molar-refractivity contribution is 5.76. The van der Waals surface area contributed by atoms with Gasteiger partial charge in [0.2, 0.25) is 11.8 Å². The van der Waals surface area contributed by atoms with Crippen LogP contribution in [0.2, 0.25) is 0 Å². The van der Waals surface area contributed by atoms with Crippen molar-refractivity contribution in [3.8, 4) is 0 Å². The van der Waals surface area contributed by atoms with Gasteiger partial charge in [0.05, 0.1) is 19.3 Å². The summed E-state index contributed by atoms with van der Waals surface area (Å²) in [5.41, 5.74) is 0. The third kappa shape index (κ3) is 5.70. The Morgan fingerprint density at radius 1 is 1.25 bits per heavy atom. The van der Waals surface area contributed by atoms with E-state index in [1.807, 2.05) is 0 Å². The molecule has 1 aliphatic rings. The van der Waals surface area contributed by atoms with Crippen LogP contribution in [0.15, 0.2) is 0 Å². The fourth-order valence-corrected chi connectivity index (χ4v) is 1.47. The summed E-state index contributed by atoms with van der Waals surface area (Å²) in [4.78, 5) is 21.9. The average Bonchev–Trinajstić information content (AvgIpc) is 2.17. The summed E-state index contributed by atoms with van der Waals surface area (Å²) < 4.78 is 4.96. The van der Waals surface area contributed by atoms with E-state index in [9.17, 15) is 9.59 Å². The summed E-state index contributed by atoms with van der Waals surface area (Å²) in [6.45, 7) is 3.50. The van der Waals surface area contributed by atoms with E-state index in [2.05, 4.69) is 10.6 Å². The van der Waals surface area contributed by atoms with Gasteiger partial charge in [0, 0.05) is 19.9 Å². The van der Waals surface area contributed by atoms with Crippen molar-refractivity contribution in [2.45, 2.75) is 38.6 Å². The molecule has 1 heterocycles. The van der Waals surface area contributed by atoms with Crippen LogP contribution in [0.4, 0.5) is 0 Å². The first-order valence-corrected chi connectivity index (χ1v) is 5.80. The molecule has 1 saturated heterocycles. The van der Waals surface area contributed by atoms with E-state index in [0.29, 0.717) is 26.2 Å². The number of carbonyl (C=O) groups excluding carboxylic acids is 2. The predicted molar refractivity (Wildman–Crippen MR) is 59.9 cm³/mol. The molecule has 0 radical (unpaired) electrons. The minimum absolute atomic E-state index is 0.00252. The molecule has 0 bridgehead atoms. The molecule has 0 aromatic carbocycles. The van der Waals surface area contributed by atoms with Crippen molar-refractivity contribution in [2.24, 2.45) is 0 Å². The van der Waals surface area contributed by atoms with Crippen molar-refractivity contribution >= 4 is 11.8 Å². The molecule has 16 heavy (non-hydrogen) atoms. The van der Waals surface area contributed by atoms with Gasteiger partial charge >= 0.3 is 0 Å². The summed E-state index contributed by atoms with van der Waals surface area (Å²) in [6, 6.07) is 0.229. The minimum atomic E-state index is 0.00252. The first-order valence-electron chi connectivity index (χ1n) is 5.80. The normalized spacial score (nSPS) is 15.3. The standard InChI is InChI=1S/C11H20N2O3/c1-9(14)12-6-4-2-3-5-11(15)13-10-7-16-8-10/h10H,2-8H2,1H3,(H,12,14)(H,13,15). The zero-order chi connectivity index (χ0) is 11.8. The molecule has 0 atom stereocenters. The Balaban J connectivity index is 1.86. The van der Waals surface area contributed by atoms with Crippen LogP contribution >= 0.6 is 0 Å². The highest BCUT2D eigenvalue weighted by Gasteiger charge is 2.19. The number of rotatable bonds is 7. The third-order valence-electron chi connectivity index (χ3n) is 2.46. The van der Waals surface area contributed by atoms with E-state index >= 15 is 0 Å². The maximum Gasteiger partial charge on any atom is 0.220 e. The number of hydrogen-bond acceptors (Lipinski definition) is 3. The van der Waals surface area contributed by atoms with Gasteiger partial charge in [-0.2, -0.15) is 0 Å². The van der Waals surface area contributed by atoms with E-state index in [-0.39, 0.29) is 17.9 Å². The van der Waals surface area contributed by atoms with E-state index in [0.717, 1.165) is 19.3 Å². The van der Waals surface area contributed by atoms with Gasteiger partial charge < -0.3 is 15.4 Å². The van der Waals surface area contributed by atoms with Crippen LogP contribution in [0.25, 0.3) is 0 Å². The van der Waals surface area contributed by atoms with Crippen LogP contribution in [0, 0.1) is 0 Å². The monoisotopic (exact) mass is 228 g/mol. The topological polar surface area (TPSA) is 67.4 Å². The average molecular weight is 228 g/mol. The lowest BCUT2D eigenvalue weighted by Gasteiger charge is -2.26. The maximum absolute atomic E-state index is 11.4. The number of carbonyl (C=O) groups is 2. The summed E-state index contributed by atoms with van der Waals surface area (Å²) in [6.07, 6.45) is 3.34. The van der Waals surface area contributed by atoms with Gasteiger partial charge in [-0.05, 0) is 12.8 Å². The van der Waals surface area contributed by atoms with Crippen LogP contribution in [0.3, 0.4) is 0 Å². The molecule has 0 unspecified atom stereocenters. The molecule has 0 aliphatic carbocycles. The quantitative estimate of drug-likeness (QED) is 0.612. The fraction of sp³-hybridized carbons (Fsp3) is 0.818. The summed E-state index contributed by atoms with van der Waals surface area (Å²) in [5.74, 6) is 0.107. The lowest BCUT2D eigenvalue weighted by atomic mass is 10.1. The van der Waals surface area contributed by atoms with Crippen molar-refractivity contribution in [2.75, 3.05) is 19.8 Å². The van der Waals surface area contributed by atoms with Gasteiger partial charge in [0.1, 0.15) is 0 Å². The van der Waals surface area contributed by atoms with Crippen molar-refractivity contribution < 1.29 is 14.3 Å². The van der Waals surface area contributed by atoms with Gasteiger partial charge in [-0.15, -0.1) is 0 Å². The van der Waals surface area contributed by atoms with Crippen LogP contribution < -0.4 is 10.6 Å². The molecule has 1 fully saturated rings. The Bertz CT molecular complexity index is 239. The summed E-state index contributed by atoms with van der Waals surface area (Å²) in [5, 5.41) is 5.62. The molecule has 0 spiro atoms. The SMILES string of the molecule is CC(=O)NCCCCCC(=O)NC1COC1. The van der Waals surface area contributed by atoms with Gasteiger partial charge in [-0.25, -0.2) is 0 Å². The predicted octanol–water partition coefficient (Wildman–Crippen LogP) is 0.198. The Kier molecular flexibility index (Phi) is 5.85. The summed E-state index contributed by atoms with van der Waals surface area (Å²) >= 11 is 0. The molecular weight excluding hydrogens is 208 g/mol. The molecule has 5 nitrogen and oxygen atoms in total. The number of ether oxygens (including phenoxy) is 1. The molecule has 0 aromatic heterocycles. The van der Waals surface area contributed by atoms with E-state index < -0.39 is 0 Å². The fourth-order valence-electron chi connectivity index (χ4n) is 1.47. The summed E-state index contributed by atoms with van der Waals surface area (Å²) in [7, 11) is 0. The minimum Gasteiger partial charge on any atom is -0.377 e.